The number of hydrogen-bond donors (Lipinski definition) is 0. The molecule has 0 radical (unpaired) electrons. The fourth-order valence-electron chi connectivity index (χ4n) is 8.60. The standard InChI is InChI=1S/C31H41N3O2/c1-30-14-10-24(33-36-29(35)21-12-17-34(3)18-13-21)19-23(30)6-7-25-27-9-8-26(22-5-4-16-32-20-22)31(27,2)15-11-28(25)30/h4-5,8,16,19-21,25,27-28H,6-7,9-15,17-18H2,1-3H3/t25-,27+,28+,30+,31-/m1/s1. The molecule has 0 N–H and O–H groups in total. The zero-order chi connectivity index (χ0) is 24.9. The van der Waals surface area contributed by atoms with Crippen LogP contribution in [-0.4, -0.2) is 41.7 Å². The van der Waals surface area contributed by atoms with E-state index in [-0.39, 0.29) is 22.7 Å². The quantitative estimate of drug-likeness (QED) is 0.372. The number of oxime groups is 1. The number of carbonyl (C=O) groups is 1. The van der Waals surface area contributed by atoms with Gasteiger partial charge in [-0.05, 0) is 130 Å². The van der Waals surface area contributed by atoms with E-state index in [9.17, 15) is 4.79 Å². The molecule has 0 amide bonds. The Kier molecular flexibility index (Phi) is 6.18. The summed E-state index contributed by atoms with van der Waals surface area (Å²) in [6, 6.07) is 4.31. The van der Waals surface area contributed by atoms with E-state index in [1.807, 2.05) is 6.20 Å². The molecule has 36 heavy (non-hydrogen) atoms. The average molecular weight is 488 g/mol. The first kappa shape index (κ1) is 24.1. The van der Waals surface area contributed by atoms with Crippen molar-refractivity contribution in [1.29, 1.82) is 0 Å². The Morgan fingerprint density at radius 2 is 1.92 bits per heavy atom. The molecule has 5 aliphatic rings. The number of likely N-dealkylation sites (tertiary alicyclic amines) is 1. The van der Waals surface area contributed by atoms with E-state index in [2.05, 4.69) is 66.4 Å². The highest BCUT2D eigenvalue weighted by Gasteiger charge is 2.57. The molecule has 1 aliphatic heterocycles. The summed E-state index contributed by atoms with van der Waals surface area (Å²) in [7, 11) is 2.11. The van der Waals surface area contributed by atoms with Crippen molar-refractivity contribution in [2.24, 2.45) is 39.7 Å². The van der Waals surface area contributed by atoms with Gasteiger partial charge >= 0.3 is 5.97 Å². The molecule has 4 aliphatic carbocycles. The molecule has 5 atom stereocenters. The van der Waals surface area contributed by atoms with Crippen molar-refractivity contribution in [3.63, 3.8) is 0 Å². The van der Waals surface area contributed by atoms with Gasteiger partial charge < -0.3 is 9.74 Å². The minimum Gasteiger partial charge on any atom is -0.318 e. The van der Waals surface area contributed by atoms with Gasteiger partial charge in [-0.3, -0.25) is 4.98 Å². The molecule has 2 saturated carbocycles. The predicted molar refractivity (Wildman–Crippen MR) is 143 cm³/mol. The van der Waals surface area contributed by atoms with Crippen LogP contribution in [0.3, 0.4) is 0 Å². The summed E-state index contributed by atoms with van der Waals surface area (Å²) in [5, 5.41) is 4.37. The smallest absolute Gasteiger partial charge is 0.318 e. The molecule has 1 aromatic rings. The fourth-order valence-corrected chi connectivity index (χ4v) is 8.60. The topological polar surface area (TPSA) is 54.8 Å². The Bertz CT molecular complexity index is 1100. The third kappa shape index (κ3) is 3.98. The summed E-state index contributed by atoms with van der Waals surface area (Å²) in [4.78, 5) is 24.7. The van der Waals surface area contributed by atoms with Crippen LogP contribution in [0.4, 0.5) is 0 Å². The number of hydrogen-bond acceptors (Lipinski definition) is 5. The van der Waals surface area contributed by atoms with E-state index < -0.39 is 0 Å². The van der Waals surface area contributed by atoms with Crippen LogP contribution in [0.5, 0.6) is 0 Å². The van der Waals surface area contributed by atoms with Gasteiger partial charge in [0.2, 0.25) is 0 Å². The van der Waals surface area contributed by atoms with Crippen LogP contribution < -0.4 is 0 Å². The molecule has 0 bridgehead atoms. The second-order valence-corrected chi connectivity index (χ2v) is 12.6. The van der Waals surface area contributed by atoms with Gasteiger partial charge in [-0.1, -0.05) is 36.7 Å². The lowest BCUT2D eigenvalue weighted by molar-refractivity contribution is -0.150. The first-order valence-corrected chi connectivity index (χ1v) is 14.2. The van der Waals surface area contributed by atoms with Gasteiger partial charge in [0, 0.05) is 12.4 Å². The van der Waals surface area contributed by atoms with E-state index in [0.717, 1.165) is 68.7 Å². The van der Waals surface area contributed by atoms with Crippen molar-refractivity contribution >= 4 is 17.3 Å². The Morgan fingerprint density at radius 1 is 1.08 bits per heavy atom. The van der Waals surface area contributed by atoms with Gasteiger partial charge in [-0.2, -0.15) is 0 Å². The van der Waals surface area contributed by atoms with E-state index in [1.165, 1.54) is 36.8 Å². The number of fused-ring (bicyclic) bond motifs is 5. The van der Waals surface area contributed by atoms with Crippen molar-refractivity contribution < 1.29 is 9.63 Å². The van der Waals surface area contributed by atoms with E-state index >= 15 is 0 Å². The number of carbonyl (C=O) groups excluding carboxylic acids is 1. The largest absolute Gasteiger partial charge is 0.338 e. The molecule has 6 rings (SSSR count). The lowest BCUT2D eigenvalue weighted by Gasteiger charge is -2.58. The molecule has 1 aromatic heterocycles. The molecular formula is C31H41N3O2. The Balaban J connectivity index is 1.16. The molecule has 192 valence electrons. The van der Waals surface area contributed by atoms with Gasteiger partial charge in [-0.25, -0.2) is 4.79 Å². The van der Waals surface area contributed by atoms with Crippen molar-refractivity contribution in [3.8, 4) is 0 Å². The van der Waals surface area contributed by atoms with Crippen LogP contribution in [0.15, 0.2) is 47.4 Å². The molecule has 3 fully saturated rings. The van der Waals surface area contributed by atoms with Gasteiger partial charge in [-0.15, -0.1) is 0 Å². The fraction of sp³-hybridized carbons (Fsp3) is 0.645. The van der Waals surface area contributed by atoms with E-state index in [4.69, 9.17) is 4.84 Å². The Hall–Kier alpha value is -2.27. The summed E-state index contributed by atoms with van der Waals surface area (Å²) in [6.45, 7) is 6.96. The maximum Gasteiger partial charge on any atom is 0.338 e. The van der Waals surface area contributed by atoms with Crippen LogP contribution in [0.1, 0.15) is 77.2 Å². The van der Waals surface area contributed by atoms with Gasteiger partial charge in [0.05, 0.1) is 11.6 Å². The minimum absolute atomic E-state index is 0.00405. The molecule has 0 aromatic carbocycles. The summed E-state index contributed by atoms with van der Waals surface area (Å²) in [5.41, 5.74) is 5.88. The van der Waals surface area contributed by atoms with Crippen LogP contribution >= 0.6 is 0 Å². The zero-order valence-corrected chi connectivity index (χ0v) is 22.2. The average Bonchev–Trinajstić information content (AvgIpc) is 3.25. The monoisotopic (exact) mass is 487 g/mol. The normalized spacial score (nSPS) is 38.0. The van der Waals surface area contributed by atoms with Crippen LogP contribution in [0.25, 0.3) is 5.57 Å². The first-order chi connectivity index (χ1) is 17.4. The van der Waals surface area contributed by atoms with Crippen molar-refractivity contribution in [2.45, 2.75) is 71.6 Å². The first-order valence-electron chi connectivity index (χ1n) is 14.2. The minimum atomic E-state index is -0.143. The lowest BCUT2D eigenvalue weighted by atomic mass is 9.46. The van der Waals surface area contributed by atoms with Crippen LogP contribution in [-0.2, 0) is 9.63 Å². The number of pyridine rings is 1. The highest BCUT2D eigenvalue weighted by molar-refractivity contribution is 5.96. The second kappa shape index (κ2) is 9.24. The number of nitrogens with zero attached hydrogens (tertiary/aromatic N) is 3. The molecule has 5 nitrogen and oxygen atoms in total. The molecule has 0 spiro atoms. The SMILES string of the molecule is CN1CCC(C(=O)ON=C2C=C3CC[C@H]4[C@H](CC[C@]5(C)C(c6cccnc6)=CC[C@@H]45)[C@@]3(C)CC2)CC1. The van der Waals surface area contributed by atoms with Gasteiger partial charge in [0.1, 0.15) is 0 Å². The Labute approximate surface area is 216 Å². The predicted octanol–water partition coefficient (Wildman–Crippen LogP) is 6.28. The summed E-state index contributed by atoms with van der Waals surface area (Å²) >= 11 is 0. The number of rotatable bonds is 3. The van der Waals surface area contributed by atoms with Gasteiger partial charge in [0.15, 0.2) is 0 Å². The summed E-state index contributed by atoms with van der Waals surface area (Å²) in [5.74, 6) is 2.10. The highest BCUT2D eigenvalue weighted by atomic mass is 16.7. The van der Waals surface area contributed by atoms with Gasteiger partial charge in [0.25, 0.3) is 0 Å². The molecule has 1 saturated heterocycles. The Morgan fingerprint density at radius 3 is 2.69 bits per heavy atom. The number of aromatic nitrogens is 1. The molecule has 5 heteroatoms. The van der Waals surface area contributed by atoms with Crippen LogP contribution in [0.2, 0.25) is 0 Å². The summed E-state index contributed by atoms with van der Waals surface area (Å²) in [6.07, 6.45) is 18.7. The molecule has 2 heterocycles. The van der Waals surface area contributed by atoms with Crippen molar-refractivity contribution in [1.82, 2.24) is 9.88 Å². The van der Waals surface area contributed by atoms with Crippen molar-refractivity contribution in [3.05, 3.63) is 47.8 Å². The maximum absolute atomic E-state index is 12.6. The van der Waals surface area contributed by atoms with Crippen LogP contribution in [0, 0.1) is 34.5 Å². The third-order valence-electron chi connectivity index (χ3n) is 10.8. The zero-order valence-electron chi connectivity index (χ0n) is 22.2. The summed E-state index contributed by atoms with van der Waals surface area (Å²) < 4.78 is 0. The van der Waals surface area contributed by atoms with E-state index in [0.29, 0.717) is 0 Å². The molecular weight excluding hydrogens is 446 g/mol. The second-order valence-electron chi connectivity index (χ2n) is 12.6. The molecule has 0 unspecified atom stereocenters. The lowest BCUT2D eigenvalue weighted by Crippen LogP contribution is -2.49. The van der Waals surface area contributed by atoms with E-state index in [1.54, 1.807) is 5.57 Å². The number of allylic oxidation sites excluding steroid dienone is 4. The maximum atomic E-state index is 12.6. The van der Waals surface area contributed by atoms with Crippen molar-refractivity contribution in [2.75, 3.05) is 20.1 Å². The number of piperidine rings is 1. The third-order valence-corrected chi connectivity index (χ3v) is 10.8. The highest BCUT2D eigenvalue weighted by Crippen LogP contribution is 2.66.